The van der Waals surface area contributed by atoms with Gasteiger partial charge in [0.25, 0.3) is 0 Å². The van der Waals surface area contributed by atoms with Gasteiger partial charge < -0.3 is 4.74 Å². The van der Waals surface area contributed by atoms with Gasteiger partial charge in [0.2, 0.25) is 0 Å². The van der Waals surface area contributed by atoms with Crippen LogP contribution in [-0.2, 0) is 0 Å². The maximum absolute atomic E-state index is 13.5. The van der Waals surface area contributed by atoms with Gasteiger partial charge in [0.15, 0.2) is 0 Å². The van der Waals surface area contributed by atoms with Crippen LogP contribution in [0.25, 0.3) is 10.9 Å². The summed E-state index contributed by atoms with van der Waals surface area (Å²) >= 11 is 0. The van der Waals surface area contributed by atoms with E-state index in [2.05, 4.69) is 15.5 Å². The topological polar surface area (TPSA) is 46.5 Å². The maximum Gasteiger partial charge on any atom is 0.132 e. The molecule has 0 aliphatic rings. The molecule has 0 unspecified atom stereocenters. The minimum Gasteiger partial charge on any atom is -0.497 e. The number of benzene rings is 2. The number of nitrogens with one attached hydrogen (secondary N) is 1. The van der Waals surface area contributed by atoms with Crippen LogP contribution in [0, 0.1) is 5.82 Å². The number of fused-ring (bicyclic) bond motifs is 1. The molecule has 0 amide bonds. The van der Waals surface area contributed by atoms with Crippen LogP contribution in [0.15, 0.2) is 59.8 Å². The molecule has 1 N–H and O–H groups in total. The lowest BCUT2D eigenvalue weighted by Crippen LogP contribution is -1.94. The van der Waals surface area contributed by atoms with Gasteiger partial charge in [0.1, 0.15) is 11.6 Å². The Morgan fingerprint density at radius 2 is 2.05 bits per heavy atom. The fourth-order valence-corrected chi connectivity index (χ4v) is 2.10. The van der Waals surface area contributed by atoms with E-state index in [0.29, 0.717) is 5.56 Å². The number of halogens is 1. The normalized spacial score (nSPS) is 11.0. The van der Waals surface area contributed by atoms with Crippen molar-refractivity contribution in [1.82, 2.24) is 4.98 Å². The van der Waals surface area contributed by atoms with E-state index in [4.69, 9.17) is 4.74 Å². The predicted molar refractivity (Wildman–Crippen MR) is 85.9 cm³/mol. The Hall–Kier alpha value is -2.95. The van der Waals surface area contributed by atoms with Gasteiger partial charge in [-0.25, -0.2) is 4.39 Å². The van der Waals surface area contributed by atoms with Crippen molar-refractivity contribution in [2.24, 2.45) is 5.10 Å². The van der Waals surface area contributed by atoms with Crippen LogP contribution in [0.2, 0.25) is 0 Å². The molecule has 0 bridgehead atoms. The van der Waals surface area contributed by atoms with Crippen molar-refractivity contribution in [1.29, 1.82) is 0 Å². The third-order valence-corrected chi connectivity index (χ3v) is 3.24. The molecule has 4 nitrogen and oxygen atoms in total. The predicted octanol–water partition coefficient (Wildman–Crippen LogP) is 3.83. The van der Waals surface area contributed by atoms with E-state index >= 15 is 0 Å². The molecule has 0 spiro atoms. The van der Waals surface area contributed by atoms with Gasteiger partial charge in [-0.15, -0.1) is 0 Å². The van der Waals surface area contributed by atoms with E-state index < -0.39 is 0 Å². The van der Waals surface area contributed by atoms with E-state index in [9.17, 15) is 4.39 Å². The van der Waals surface area contributed by atoms with Crippen molar-refractivity contribution >= 4 is 22.8 Å². The third kappa shape index (κ3) is 2.88. The van der Waals surface area contributed by atoms with Crippen LogP contribution in [0.3, 0.4) is 0 Å². The quantitative estimate of drug-likeness (QED) is 0.588. The number of rotatable bonds is 4. The molecule has 110 valence electrons. The van der Waals surface area contributed by atoms with Crippen molar-refractivity contribution in [3.63, 3.8) is 0 Å². The number of hydrogen-bond acceptors (Lipinski definition) is 4. The number of pyridine rings is 1. The molecule has 0 aliphatic heterocycles. The highest BCUT2D eigenvalue weighted by atomic mass is 19.1. The smallest absolute Gasteiger partial charge is 0.132 e. The Balaban J connectivity index is 1.86. The number of ether oxygens (including phenoxy) is 1. The molecule has 0 saturated carbocycles. The molecule has 3 aromatic rings. The minimum atomic E-state index is -0.308. The second kappa shape index (κ2) is 6.22. The van der Waals surface area contributed by atoms with Crippen LogP contribution >= 0.6 is 0 Å². The van der Waals surface area contributed by atoms with Crippen LogP contribution < -0.4 is 10.2 Å². The highest BCUT2D eigenvalue weighted by Gasteiger charge is 2.03. The average Bonchev–Trinajstić information content (AvgIpc) is 2.56. The molecule has 0 atom stereocenters. The molecule has 0 fully saturated rings. The number of hydrazone groups is 1. The van der Waals surface area contributed by atoms with Gasteiger partial charge in [0, 0.05) is 23.2 Å². The van der Waals surface area contributed by atoms with Crippen LogP contribution in [0.4, 0.5) is 10.1 Å². The molecule has 0 saturated heterocycles. The molecule has 22 heavy (non-hydrogen) atoms. The zero-order chi connectivity index (χ0) is 15.4. The number of methoxy groups -OCH3 is 1. The maximum atomic E-state index is 13.5. The SMILES string of the molecule is COc1ccc2c(N/N=C/c3ccccc3F)ccnc2c1. The van der Waals surface area contributed by atoms with Crippen molar-refractivity contribution in [2.45, 2.75) is 0 Å². The van der Waals surface area contributed by atoms with E-state index in [1.165, 1.54) is 12.3 Å². The molecular weight excluding hydrogens is 281 g/mol. The zero-order valence-corrected chi connectivity index (χ0v) is 12.0. The van der Waals surface area contributed by atoms with Gasteiger partial charge >= 0.3 is 0 Å². The Morgan fingerprint density at radius 1 is 1.18 bits per heavy atom. The molecule has 0 aliphatic carbocycles. The Labute approximate surface area is 127 Å². The van der Waals surface area contributed by atoms with Gasteiger partial charge in [-0.1, -0.05) is 18.2 Å². The van der Waals surface area contributed by atoms with Crippen molar-refractivity contribution in [2.75, 3.05) is 12.5 Å². The Bertz CT molecular complexity index is 833. The van der Waals surface area contributed by atoms with E-state index in [-0.39, 0.29) is 5.82 Å². The lowest BCUT2D eigenvalue weighted by atomic mass is 10.2. The summed E-state index contributed by atoms with van der Waals surface area (Å²) in [6.07, 6.45) is 3.13. The minimum absolute atomic E-state index is 0.308. The largest absolute Gasteiger partial charge is 0.497 e. The monoisotopic (exact) mass is 295 g/mol. The third-order valence-electron chi connectivity index (χ3n) is 3.24. The number of hydrogen-bond donors (Lipinski definition) is 1. The molecule has 1 heterocycles. The Kier molecular flexibility index (Phi) is 3.96. The summed E-state index contributed by atoms with van der Waals surface area (Å²) in [4.78, 5) is 4.30. The van der Waals surface area contributed by atoms with Gasteiger partial charge in [0.05, 0.1) is 24.5 Å². The number of aromatic nitrogens is 1. The first-order valence-corrected chi connectivity index (χ1v) is 6.74. The summed E-state index contributed by atoms with van der Waals surface area (Å²) in [5.41, 5.74) is 4.94. The summed E-state index contributed by atoms with van der Waals surface area (Å²) in [5, 5.41) is 5.00. The van der Waals surface area contributed by atoms with E-state index in [0.717, 1.165) is 22.3 Å². The van der Waals surface area contributed by atoms with Crippen molar-refractivity contribution in [3.05, 3.63) is 66.1 Å². The Morgan fingerprint density at radius 3 is 2.86 bits per heavy atom. The molecular formula is C17H14FN3O. The fraction of sp³-hybridized carbons (Fsp3) is 0.0588. The van der Waals surface area contributed by atoms with Gasteiger partial charge in [-0.3, -0.25) is 10.4 Å². The first-order valence-electron chi connectivity index (χ1n) is 6.74. The average molecular weight is 295 g/mol. The van der Waals surface area contributed by atoms with Crippen LogP contribution in [-0.4, -0.2) is 18.3 Å². The number of nitrogens with zero attached hydrogens (tertiary/aromatic N) is 2. The first-order chi connectivity index (χ1) is 10.8. The number of anilines is 1. The second-order valence-corrected chi connectivity index (χ2v) is 4.63. The zero-order valence-electron chi connectivity index (χ0n) is 12.0. The van der Waals surface area contributed by atoms with Gasteiger partial charge in [-0.2, -0.15) is 5.10 Å². The summed E-state index contributed by atoms with van der Waals surface area (Å²) in [6.45, 7) is 0. The van der Waals surface area contributed by atoms with Crippen molar-refractivity contribution in [3.8, 4) is 5.75 Å². The summed E-state index contributed by atoms with van der Waals surface area (Å²) in [6, 6.07) is 13.9. The molecule has 5 heteroatoms. The highest BCUT2D eigenvalue weighted by Crippen LogP contribution is 2.25. The molecule has 2 aromatic carbocycles. The van der Waals surface area contributed by atoms with E-state index in [1.807, 2.05) is 24.3 Å². The van der Waals surface area contributed by atoms with Crippen molar-refractivity contribution < 1.29 is 9.13 Å². The second-order valence-electron chi connectivity index (χ2n) is 4.63. The van der Waals surface area contributed by atoms with E-state index in [1.54, 1.807) is 31.5 Å². The lowest BCUT2D eigenvalue weighted by molar-refractivity contribution is 0.415. The van der Waals surface area contributed by atoms with Gasteiger partial charge in [-0.05, 0) is 24.3 Å². The summed E-state index contributed by atoms with van der Waals surface area (Å²) < 4.78 is 18.7. The van der Waals surface area contributed by atoms with Crippen LogP contribution in [0.1, 0.15) is 5.56 Å². The standard InChI is InChI=1S/C17H14FN3O/c1-22-13-6-7-14-16(8-9-19-17(14)10-13)21-20-11-12-4-2-3-5-15(12)18/h2-11H,1H3,(H,19,21)/b20-11+. The summed E-state index contributed by atoms with van der Waals surface area (Å²) in [7, 11) is 1.61. The summed E-state index contributed by atoms with van der Waals surface area (Å²) in [5.74, 6) is 0.435. The van der Waals surface area contributed by atoms with Crippen LogP contribution in [0.5, 0.6) is 5.75 Å². The lowest BCUT2D eigenvalue weighted by Gasteiger charge is -2.06. The fourth-order valence-electron chi connectivity index (χ4n) is 2.10. The molecule has 1 aromatic heterocycles. The molecule has 0 radical (unpaired) electrons. The molecule has 3 rings (SSSR count). The highest BCUT2D eigenvalue weighted by molar-refractivity contribution is 5.92. The first kappa shape index (κ1) is 14.0.